The molecule has 0 N–H and O–H groups in total. The van der Waals surface area contributed by atoms with Gasteiger partial charge < -0.3 is 19.1 Å². The first kappa shape index (κ1) is 23.5. The number of hydrogen-bond acceptors (Lipinski definition) is 5. The summed E-state index contributed by atoms with van der Waals surface area (Å²) in [6.07, 6.45) is 0.628. The van der Waals surface area contributed by atoms with E-state index in [9.17, 15) is 9.18 Å². The van der Waals surface area contributed by atoms with Crippen molar-refractivity contribution in [2.75, 3.05) is 38.3 Å². The molecular weight excluding hydrogens is 409 g/mol. The number of nitrogens with zero attached hydrogens (tertiary/aromatic N) is 3. The Morgan fingerprint density at radius 1 is 1.06 bits per heavy atom. The topological polar surface area (TPSA) is 58.8 Å². The Kier molecular flexibility index (Phi) is 8.39. The van der Waals surface area contributed by atoms with Gasteiger partial charge in [0, 0.05) is 38.9 Å². The number of hydrogen-bond donors (Lipinski definition) is 0. The lowest BCUT2D eigenvalue weighted by Gasteiger charge is -2.25. The number of carbonyl (C=O) groups is 1. The van der Waals surface area contributed by atoms with Crippen LogP contribution < -0.4 is 4.90 Å². The average Bonchev–Trinajstić information content (AvgIpc) is 3.23. The van der Waals surface area contributed by atoms with E-state index in [0.717, 1.165) is 24.2 Å². The zero-order valence-corrected chi connectivity index (χ0v) is 18.9. The van der Waals surface area contributed by atoms with Crippen LogP contribution in [0.5, 0.6) is 0 Å². The minimum atomic E-state index is -0.535. The molecule has 0 unspecified atom stereocenters. The lowest BCUT2D eigenvalue weighted by atomic mass is 10.1. The Hall–Kier alpha value is -3.19. The molecule has 0 aliphatic heterocycles. The van der Waals surface area contributed by atoms with Crippen molar-refractivity contribution >= 4 is 11.8 Å². The summed E-state index contributed by atoms with van der Waals surface area (Å²) in [6.45, 7) is 6.71. The number of benzene rings is 2. The van der Waals surface area contributed by atoms with E-state index < -0.39 is 5.82 Å². The van der Waals surface area contributed by atoms with E-state index in [1.54, 1.807) is 24.1 Å². The molecule has 32 heavy (non-hydrogen) atoms. The van der Waals surface area contributed by atoms with Crippen LogP contribution in [0, 0.1) is 5.82 Å². The molecule has 0 aliphatic carbocycles. The van der Waals surface area contributed by atoms with Crippen LogP contribution in [0.2, 0.25) is 0 Å². The number of carbonyl (C=O) groups excluding carboxylic acids is 1. The molecule has 170 valence electrons. The maximum atomic E-state index is 14.4. The second-order valence-electron chi connectivity index (χ2n) is 7.41. The fourth-order valence-electron chi connectivity index (χ4n) is 3.67. The van der Waals surface area contributed by atoms with Gasteiger partial charge >= 0.3 is 0 Å². The van der Waals surface area contributed by atoms with Crippen LogP contribution in [0.25, 0.3) is 11.3 Å². The number of rotatable bonds is 11. The summed E-state index contributed by atoms with van der Waals surface area (Å²) in [6, 6.07) is 15.8. The van der Waals surface area contributed by atoms with Gasteiger partial charge in [0.15, 0.2) is 0 Å². The van der Waals surface area contributed by atoms with Gasteiger partial charge in [0.1, 0.15) is 11.5 Å². The van der Waals surface area contributed by atoms with Crippen molar-refractivity contribution in [2.45, 2.75) is 26.8 Å². The number of anilines is 1. The second kappa shape index (κ2) is 11.4. The quantitative estimate of drug-likeness (QED) is 0.393. The minimum absolute atomic E-state index is 0.0482. The van der Waals surface area contributed by atoms with Crippen molar-refractivity contribution in [3.8, 4) is 11.3 Å². The molecular formula is C25H30FN3O3. The van der Waals surface area contributed by atoms with E-state index in [-0.39, 0.29) is 18.0 Å². The third kappa shape index (κ3) is 5.34. The van der Waals surface area contributed by atoms with Crippen LogP contribution in [-0.2, 0) is 11.3 Å². The number of methoxy groups -OCH3 is 1. The van der Waals surface area contributed by atoms with Crippen LogP contribution in [0.15, 0.2) is 59.1 Å². The number of amides is 1. The van der Waals surface area contributed by atoms with Gasteiger partial charge in [0.25, 0.3) is 5.91 Å². The third-order valence-corrected chi connectivity index (χ3v) is 5.38. The standard InChI is InChI=1S/C25H30FN3O3/c1-4-28(5-2)25-21(23(27-32-25)19-12-7-6-8-13-19)18-29(16-11-17-31-3)24(30)20-14-9-10-15-22(20)26/h6-10,12-15H,4-5,11,16-18H2,1-3H3. The summed E-state index contributed by atoms with van der Waals surface area (Å²) in [5, 5.41) is 4.35. The number of halogens is 1. The summed E-state index contributed by atoms with van der Waals surface area (Å²) in [5.41, 5.74) is 2.44. The summed E-state index contributed by atoms with van der Waals surface area (Å²) < 4.78 is 25.4. The monoisotopic (exact) mass is 439 g/mol. The third-order valence-electron chi connectivity index (χ3n) is 5.38. The molecule has 1 amide bonds. The zero-order chi connectivity index (χ0) is 22.9. The van der Waals surface area contributed by atoms with E-state index in [2.05, 4.69) is 10.1 Å². The number of aromatic nitrogens is 1. The summed E-state index contributed by atoms with van der Waals surface area (Å²) >= 11 is 0. The highest BCUT2D eigenvalue weighted by atomic mass is 19.1. The molecule has 3 rings (SSSR count). The van der Waals surface area contributed by atoms with Crippen LogP contribution in [0.3, 0.4) is 0 Å². The van der Waals surface area contributed by atoms with Crippen molar-refractivity contribution in [3.63, 3.8) is 0 Å². The molecule has 0 saturated heterocycles. The first-order chi connectivity index (χ1) is 15.6. The zero-order valence-electron chi connectivity index (χ0n) is 18.9. The van der Waals surface area contributed by atoms with Gasteiger partial charge in [-0.15, -0.1) is 0 Å². The van der Waals surface area contributed by atoms with Crippen molar-refractivity contribution in [1.29, 1.82) is 0 Å². The van der Waals surface area contributed by atoms with Crippen LogP contribution in [0.4, 0.5) is 10.3 Å². The van der Waals surface area contributed by atoms with Crippen LogP contribution in [0.1, 0.15) is 36.2 Å². The van der Waals surface area contributed by atoms with E-state index in [1.165, 1.54) is 12.1 Å². The summed E-state index contributed by atoms with van der Waals surface area (Å²) in [5.74, 6) is -0.274. The highest BCUT2D eigenvalue weighted by molar-refractivity contribution is 5.94. The Labute approximate surface area is 188 Å². The molecule has 0 atom stereocenters. The molecule has 0 bridgehead atoms. The van der Waals surface area contributed by atoms with Crippen molar-refractivity contribution in [3.05, 3.63) is 71.5 Å². The summed E-state index contributed by atoms with van der Waals surface area (Å²) in [4.78, 5) is 17.0. The largest absolute Gasteiger partial charge is 0.385 e. The molecule has 6 nitrogen and oxygen atoms in total. The van der Waals surface area contributed by atoms with Gasteiger partial charge in [-0.3, -0.25) is 4.79 Å². The maximum Gasteiger partial charge on any atom is 0.257 e. The smallest absolute Gasteiger partial charge is 0.257 e. The lowest BCUT2D eigenvalue weighted by Crippen LogP contribution is -2.33. The van der Waals surface area contributed by atoms with Crippen LogP contribution >= 0.6 is 0 Å². The fraction of sp³-hybridized carbons (Fsp3) is 0.360. The molecule has 3 aromatic rings. The van der Waals surface area contributed by atoms with Gasteiger partial charge in [-0.25, -0.2) is 4.39 Å². The first-order valence-corrected chi connectivity index (χ1v) is 10.9. The van der Waals surface area contributed by atoms with Crippen molar-refractivity contribution in [2.24, 2.45) is 0 Å². The molecule has 0 radical (unpaired) electrons. The molecule has 0 aliphatic rings. The first-order valence-electron chi connectivity index (χ1n) is 10.9. The Bertz CT molecular complexity index is 1000. The van der Waals surface area contributed by atoms with Crippen LogP contribution in [-0.4, -0.2) is 49.3 Å². The molecule has 2 aromatic carbocycles. The predicted molar refractivity (Wildman–Crippen MR) is 123 cm³/mol. The van der Waals surface area contributed by atoms with Crippen molar-refractivity contribution in [1.82, 2.24) is 10.1 Å². The van der Waals surface area contributed by atoms with E-state index in [4.69, 9.17) is 9.26 Å². The highest BCUT2D eigenvalue weighted by Gasteiger charge is 2.26. The second-order valence-corrected chi connectivity index (χ2v) is 7.41. The van der Waals surface area contributed by atoms with Gasteiger partial charge in [-0.2, -0.15) is 0 Å². The van der Waals surface area contributed by atoms with E-state index in [1.807, 2.05) is 44.2 Å². The highest BCUT2D eigenvalue weighted by Crippen LogP contribution is 2.33. The van der Waals surface area contributed by atoms with E-state index in [0.29, 0.717) is 31.2 Å². The van der Waals surface area contributed by atoms with Gasteiger partial charge in [-0.05, 0) is 32.4 Å². The Balaban J connectivity index is 2.02. The molecule has 0 spiro atoms. The SMILES string of the molecule is CCN(CC)c1onc(-c2ccccc2)c1CN(CCCOC)C(=O)c1ccccc1F. The lowest BCUT2D eigenvalue weighted by molar-refractivity contribution is 0.0719. The molecule has 0 saturated carbocycles. The molecule has 1 heterocycles. The predicted octanol–water partition coefficient (Wildman–Crippen LogP) is 5.01. The Morgan fingerprint density at radius 2 is 1.75 bits per heavy atom. The molecule has 1 aromatic heterocycles. The Morgan fingerprint density at radius 3 is 2.41 bits per heavy atom. The minimum Gasteiger partial charge on any atom is -0.385 e. The van der Waals surface area contributed by atoms with Gasteiger partial charge in [0.2, 0.25) is 5.88 Å². The molecule has 0 fully saturated rings. The van der Waals surface area contributed by atoms with Gasteiger partial charge in [0.05, 0.1) is 17.7 Å². The average molecular weight is 440 g/mol. The van der Waals surface area contributed by atoms with Crippen molar-refractivity contribution < 1.29 is 18.4 Å². The number of ether oxygens (including phenoxy) is 1. The summed E-state index contributed by atoms with van der Waals surface area (Å²) in [7, 11) is 1.62. The van der Waals surface area contributed by atoms with E-state index >= 15 is 0 Å². The maximum absolute atomic E-state index is 14.4. The molecule has 7 heteroatoms. The normalized spacial score (nSPS) is 10.9. The van der Waals surface area contributed by atoms with Gasteiger partial charge in [-0.1, -0.05) is 47.6 Å². The fourth-order valence-corrected chi connectivity index (χ4v) is 3.67.